The molecule has 0 radical (unpaired) electrons. The molecule has 9 heteroatoms. The summed E-state index contributed by atoms with van der Waals surface area (Å²) in [4.78, 5) is 27.0. The minimum absolute atomic E-state index is 0.207. The molecule has 0 spiro atoms. The number of hydrogen-bond acceptors (Lipinski definition) is 5. The maximum atomic E-state index is 13.2. The van der Waals surface area contributed by atoms with E-state index in [-0.39, 0.29) is 23.3 Å². The smallest absolute Gasteiger partial charge is 0.276 e. The minimum Gasteiger partial charge on any atom is -0.387 e. The van der Waals surface area contributed by atoms with Crippen LogP contribution in [0.25, 0.3) is 0 Å². The molecule has 1 aromatic heterocycles. The van der Waals surface area contributed by atoms with Crippen LogP contribution in [0.1, 0.15) is 16.1 Å². The molecule has 0 saturated carbocycles. The van der Waals surface area contributed by atoms with Gasteiger partial charge >= 0.3 is 0 Å². The molecule has 8 nitrogen and oxygen atoms in total. The molecule has 1 aromatic carbocycles. The Balaban J connectivity index is 1.60. The lowest BCUT2D eigenvalue weighted by Crippen LogP contribution is -2.51. The number of aliphatic hydroxyl groups excluding tert-OH is 1. The van der Waals surface area contributed by atoms with E-state index in [9.17, 15) is 14.0 Å². The second-order valence-corrected chi connectivity index (χ2v) is 5.76. The summed E-state index contributed by atoms with van der Waals surface area (Å²) in [6.07, 6.45) is 1.53. The number of benzene rings is 1. The number of piperazine rings is 1. The van der Waals surface area contributed by atoms with Crippen LogP contribution < -0.4 is 0 Å². The van der Waals surface area contributed by atoms with Crippen LogP contribution in [0.4, 0.5) is 4.39 Å². The Morgan fingerprint density at radius 1 is 1.16 bits per heavy atom. The van der Waals surface area contributed by atoms with Gasteiger partial charge in [-0.15, -0.1) is 5.10 Å². The summed E-state index contributed by atoms with van der Waals surface area (Å²) in [5.41, 5.74) is 0.929. The van der Waals surface area contributed by atoms with E-state index in [2.05, 4.69) is 10.3 Å². The van der Waals surface area contributed by atoms with E-state index in [0.29, 0.717) is 32.7 Å². The highest BCUT2D eigenvalue weighted by atomic mass is 19.1. The second kappa shape index (κ2) is 7.39. The monoisotopic (exact) mass is 347 g/mol. The summed E-state index contributed by atoms with van der Waals surface area (Å²) >= 11 is 0. The van der Waals surface area contributed by atoms with Gasteiger partial charge in [-0.1, -0.05) is 17.3 Å². The zero-order valence-corrected chi connectivity index (χ0v) is 13.5. The number of aliphatic hydroxyl groups is 1. The van der Waals surface area contributed by atoms with Crippen LogP contribution in [0.3, 0.4) is 0 Å². The lowest BCUT2D eigenvalue weighted by atomic mass is 10.2. The van der Waals surface area contributed by atoms with Gasteiger partial charge in [-0.2, -0.15) is 0 Å². The first-order valence-electron chi connectivity index (χ1n) is 7.89. The molecule has 0 bridgehead atoms. The predicted molar refractivity (Wildman–Crippen MR) is 85.1 cm³/mol. The second-order valence-electron chi connectivity index (χ2n) is 5.76. The molecule has 1 saturated heterocycles. The van der Waals surface area contributed by atoms with Gasteiger partial charge in [-0.05, 0) is 17.7 Å². The first-order chi connectivity index (χ1) is 12.1. The average Bonchev–Trinajstić information content (AvgIpc) is 3.09. The highest BCUT2D eigenvalue weighted by molar-refractivity contribution is 5.92. The van der Waals surface area contributed by atoms with Crippen molar-refractivity contribution in [1.82, 2.24) is 24.8 Å². The van der Waals surface area contributed by atoms with Gasteiger partial charge in [0.1, 0.15) is 12.4 Å². The van der Waals surface area contributed by atoms with Crippen LogP contribution in [-0.4, -0.2) is 74.5 Å². The van der Waals surface area contributed by atoms with E-state index in [0.717, 1.165) is 5.56 Å². The zero-order chi connectivity index (χ0) is 17.8. The number of hydrogen-bond donors (Lipinski definition) is 1. The van der Waals surface area contributed by atoms with Crippen molar-refractivity contribution in [2.24, 2.45) is 0 Å². The minimum atomic E-state index is -0.525. The molecule has 0 aliphatic carbocycles. The molecule has 1 N–H and O–H groups in total. The third kappa shape index (κ3) is 4.00. The molecular formula is C16H18FN5O3. The van der Waals surface area contributed by atoms with Gasteiger partial charge in [0.2, 0.25) is 5.91 Å². The van der Waals surface area contributed by atoms with Crippen LogP contribution in [-0.2, 0) is 11.3 Å². The summed E-state index contributed by atoms with van der Waals surface area (Å²) in [5, 5.41) is 16.7. The Morgan fingerprint density at radius 3 is 2.56 bits per heavy atom. The van der Waals surface area contributed by atoms with Gasteiger partial charge in [0.25, 0.3) is 5.91 Å². The van der Waals surface area contributed by atoms with Crippen LogP contribution in [0.5, 0.6) is 0 Å². The lowest BCUT2D eigenvalue weighted by molar-refractivity contribution is -0.135. The number of rotatable bonds is 4. The van der Waals surface area contributed by atoms with Crippen molar-refractivity contribution in [2.45, 2.75) is 6.54 Å². The number of amides is 2. The van der Waals surface area contributed by atoms with Gasteiger partial charge in [0.15, 0.2) is 5.69 Å². The van der Waals surface area contributed by atoms with E-state index in [1.165, 1.54) is 27.9 Å². The fourth-order valence-corrected chi connectivity index (χ4v) is 2.72. The van der Waals surface area contributed by atoms with E-state index < -0.39 is 6.61 Å². The van der Waals surface area contributed by atoms with Crippen LogP contribution >= 0.6 is 0 Å². The Hall–Kier alpha value is -2.81. The Bertz CT molecular complexity index is 771. The normalized spacial score (nSPS) is 14.6. The quantitative estimate of drug-likeness (QED) is 0.823. The molecule has 25 heavy (non-hydrogen) atoms. The summed E-state index contributed by atoms with van der Waals surface area (Å²) in [5.74, 6) is -0.932. The Morgan fingerprint density at radius 2 is 1.88 bits per heavy atom. The predicted octanol–water partition coefficient (Wildman–Crippen LogP) is -0.258. The van der Waals surface area contributed by atoms with Crippen molar-refractivity contribution in [2.75, 3.05) is 32.8 Å². The molecule has 1 aliphatic heterocycles. The van der Waals surface area contributed by atoms with Crippen LogP contribution in [0.2, 0.25) is 0 Å². The van der Waals surface area contributed by atoms with Crippen molar-refractivity contribution in [1.29, 1.82) is 0 Å². The Labute approximate surface area is 143 Å². The zero-order valence-electron chi connectivity index (χ0n) is 13.5. The fourth-order valence-electron chi connectivity index (χ4n) is 2.72. The largest absolute Gasteiger partial charge is 0.387 e. The standard InChI is InChI=1S/C16H18FN5O3/c17-13-3-1-2-12(8-13)9-22-10-14(18-19-22)16(25)21-6-4-20(5-7-21)15(24)11-23/h1-3,8,10,23H,4-7,9,11H2. The van der Waals surface area contributed by atoms with Crippen molar-refractivity contribution in [3.8, 4) is 0 Å². The lowest BCUT2D eigenvalue weighted by Gasteiger charge is -2.34. The maximum absolute atomic E-state index is 13.2. The SMILES string of the molecule is O=C(CO)N1CCN(C(=O)c2cn(Cc3cccc(F)c3)nn2)CC1. The summed E-state index contributed by atoms with van der Waals surface area (Å²) in [7, 11) is 0. The third-order valence-electron chi connectivity index (χ3n) is 4.05. The maximum Gasteiger partial charge on any atom is 0.276 e. The van der Waals surface area contributed by atoms with Gasteiger partial charge < -0.3 is 14.9 Å². The fraction of sp³-hybridized carbons (Fsp3) is 0.375. The van der Waals surface area contributed by atoms with E-state index in [1.807, 2.05) is 0 Å². The molecular weight excluding hydrogens is 329 g/mol. The Kier molecular flexibility index (Phi) is 5.03. The van der Waals surface area contributed by atoms with E-state index >= 15 is 0 Å². The van der Waals surface area contributed by atoms with Crippen molar-refractivity contribution in [3.05, 3.63) is 47.5 Å². The number of carbonyl (C=O) groups is 2. The van der Waals surface area contributed by atoms with Gasteiger partial charge in [0, 0.05) is 26.2 Å². The van der Waals surface area contributed by atoms with E-state index in [1.54, 1.807) is 17.0 Å². The molecule has 2 amide bonds. The van der Waals surface area contributed by atoms with Crippen molar-refractivity contribution in [3.63, 3.8) is 0 Å². The number of carbonyl (C=O) groups excluding carboxylic acids is 2. The highest BCUT2D eigenvalue weighted by Crippen LogP contribution is 2.09. The number of halogens is 1. The van der Waals surface area contributed by atoms with Gasteiger partial charge in [-0.25, -0.2) is 9.07 Å². The van der Waals surface area contributed by atoms with Crippen LogP contribution in [0, 0.1) is 5.82 Å². The third-order valence-corrected chi connectivity index (χ3v) is 4.05. The first-order valence-corrected chi connectivity index (χ1v) is 7.89. The van der Waals surface area contributed by atoms with Gasteiger partial charge in [0.05, 0.1) is 12.7 Å². The van der Waals surface area contributed by atoms with Crippen LogP contribution in [0.15, 0.2) is 30.5 Å². The number of aromatic nitrogens is 3. The molecule has 2 heterocycles. The molecule has 0 unspecified atom stereocenters. The first kappa shape index (κ1) is 17.0. The summed E-state index contributed by atoms with van der Waals surface area (Å²) < 4.78 is 14.7. The molecule has 2 aromatic rings. The topological polar surface area (TPSA) is 91.6 Å². The van der Waals surface area contributed by atoms with Gasteiger partial charge in [-0.3, -0.25) is 9.59 Å². The molecule has 132 valence electrons. The molecule has 1 aliphatic rings. The molecule has 3 rings (SSSR count). The van der Waals surface area contributed by atoms with Crippen molar-refractivity contribution < 1.29 is 19.1 Å². The van der Waals surface area contributed by atoms with Crippen molar-refractivity contribution >= 4 is 11.8 Å². The molecule has 1 fully saturated rings. The number of nitrogens with zero attached hydrogens (tertiary/aromatic N) is 5. The summed E-state index contributed by atoms with van der Waals surface area (Å²) in [6.45, 7) is 1.30. The van der Waals surface area contributed by atoms with E-state index in [4.69, 9.17) is 5.11 Å². The molecule has 0 atom stereocenters. The highest BCUT2D eigenvalue weighted by Gasteiger charge is 2.25. The average molecular weight is 347 g/mol. The summed E-state index contributed by atoms with van der Waals surface area (Å²) in [6, 6.07) is 6.14.